The maximum atomic E-state index is 5.47. The van der Waals surface area contributed by atoms with Gasteiger partial charge in [0.15, 0.2) is 5.11 Å². The van der Waals surface area contributed by atoms with Gasteiger partial charge in [0.05, 0.1) is 0 Å². The molecule has 92 valence electrons. The first-order chi connectivity index (χ1) is 8.25. The van der Waals surface area contributed by atoms with Gasteiger partial charge in [0, 0.05) is 18.8 Å². The van der Waals surface area contributed by atoms with Crippen LogP contribution in [0.1, 0.15) is 26.2 Å². The molecular formula is C14H20N2S. The topological polar surface area (TPSA) is 15.3 Å². The van der Waals surface area contributed by atoms with Crippen molar-refractivity contribution in [1.82, 2.24) is 4.90 Å². The van der Waals surface area contributed by atoms with E-state index in [9.17, 15) is 0 Å². The number of likely N-dealkylation sites (tertiary alicyclic amines) is 1. The number of nitrogens with one attached hydrogen (secondary N) is 1. The summed E-state index contributed by atoms with van der Waals surface area (Å²) in [7, 11) is 0. The third-order valence-electron chi connectivity index (χ3n) is 3.33. The van der Waals surface area contributed by atoms with Crippen molar-refractivity contribution in [2.45, 2.75) is 26.2 Å². The Morgan fingerprint density at radius 2 is 2.00 bits per heavy atom. The van der Waals surface area contributed by atoms with E-state index in [0.29, 0.717) is 0 Å². The summed E-state index contributed by atoms with van der Waals surface area (Å²) in [6.45, 7) is 4.50. The standard InChI is InChI=1S/C14H20N2S/c1-12-6-5-10-16(11-9-12)14(17)15-13-7-3-2-4-8-13/h2-4,7-8,12H,5-6,9-11H2,1H3,(H,15,17). The van der Waals surface area contributed by atoms with Crippen LogP contribution >= 0.6 is 12.2 Å². The van der Waals surface area contributed by atoms with Crippen molar-refractivity contribution in [2.75, 3.05) is 18.4 Å². The Bertz CT molecular complexity index is 364. The molecule has 1 fully saturated rings. The molecule has 1 aliphatic rings. The first-order valence-electron chi connectivity index (χ1n) is 6.36. The third kappa shape index (κ3) is 3.70. The number of hydrogen-bond donors (Lipinski definition) is 1. The second-order valence-corrected chi connectivity index (χ2v) is 5.21. The summed E-state index contributed by atoms with van der Waals surface area (Å²) in [5, 5.41) is 4.18. The van der Waals surface area contributed by atoms with Crippen LogP contribution in [0.5, 0.6) is 0 Å². The quantitative estimate of drug-likeness (QED) is 0.766. The van der Waals surface area contributed by atoms with Gasteiger partial charge in [-0.3, -0.25) is 0 Å². The van der Waals surface area contributed by atoms with Gasteiger partial charge in [-0.2, -0.15) is 0 Å². The van der Waals surface area contributed by atoms with Crippen LogP contribution in [0.25, 0.3) is 0 Å². The van der Waals surface area contributed by atoms with E-state index < -0.39 is 0 Å². The highest BCUT2D eigenvalue weighted by Crippen LogP contribution is 2.17. The van der Waals surface area contributed by atoms with Gasteiger partial charge in [-0.1, -0.05) is 25.1 Å². The number of anilines is 1. The van der Waals surface area contributed by atoms with Crippen LogP contribution in [0.2, 0.25) is 0 Å². The van der Waals surface area contributed by atoms with Crippen molar-refractivity contribution in [1.29, 1.82) is 0 Å². The van der Waals surface area contributed by atoms with Crippen molar-refractivity contribution >= 4 is 23.0 Å². The van der Waals surface area contributed by atoms with Crippen LogP contribution in [0.4, 0.5) is 5.69 Å². The number of hydrogen-bond acceptors (Lipinski definition) is 1. The molecule has 0 radical (unpaired) electrons. The van der Waals surface area contributed by atoms with Crippen LogP contribution < -0.4 is 5.32 Å². The highest BCUT2D eigenvalue weighted by molar-refractivity contribution is 7.80. The second-order valence-electron chi connectivity index (χ2n) is 4.82. The zero-order valence-electron chi connectivity index (χ0n) is 10.4. The van der Waals surface area contributed by atoms with E-state index in [0.717, 1.165) is 29.8 Å². The first-order valence-corrected chi connectivity index (χ1v) is 6.77. The van der Waals surface area contributed by atoms with E-state index in [1.807, 2.05) is 30.3 Å². The lowest BCUT2D eigenvalue weighted by atomic mass is 10.0. The van der Waals surface area contributed by atoms with E-state index >= 15 is 0 Å². The zero-order valence-corrected chi connectivity index (χ0v) is 11.2. The van der Waals surface area contributed by atoms with Crippen molar-refractivity contribution in [3.63, 3.8) is 0 Å². The van der Waals surface area contributed by atoms with Crippen LogP contribution in [-0.4, -0.2) is 23.1 Å². The highest BCUT2D eigenvalue weighted by Gasteiger charge is 2.15. The molecule has 1 saturated heterocycles. The number of para-hydroxylation sites is 1. The Morgan fingerprint density at radius 1 is 1.24 bits per heavy atom. The SMILES string of the molecule is CC1CCCN(C(=S)Nc2ccccc2)CC1. The Labute approximate surface area is 109 Å². The van der Waals surface area contributed by atoms with Crippen molar-refractivity contribution < 1.29 is 0 Å². The molecule has 2 nitrogen and oxygen atoms in total. The summed E-state index contributed by atoms with van der Waals surface area (Å²) in [6, 6.07) is 10.2. The number of rotatable bonds is 1. The predicted octanol–water partition coefficient (Wildman–Crippen LogP) is 3.51. The molecule has 3 heteroatoms. The Morgan fingerprint density at radius 3 is 2.76 bits per heavy atom. The number of nitrogens with zero attached hydrogens (tertiary/aromatic N) is 1. The molecule has 1 unspecified atom stereocenters. The Balaban J connectivity index is 1.91. The van der Waals surface area contributed by atoms with E-state index in [4.69, 9.17) is 12.2 Å². The minimum Gasteiger partial charge on any atom is -0.349 e. The maximum Gasteiger partial charge on any atom is 0.173 e. The molecule has 1 heterocycles. The van der Waals surface area contributed by atoms with Gasteiger partial charge >= 0.3 is 0 Å². The third-order valence-corrected chi connectivity index (χ3v) is 3.69. The van der Waals surface area contributed by atoms with Crippen molar-refractivity contribution in [2.24, 2.45) is 5.92 Å². The van der Waals surface area contributed by atoms with E-state index in [-0.39, 0.29) is 0 Å². The molecule has 0 saturated carbocycles. The molecule has 0 amide bonds. The lowest BCUT2D eigenvalue weighted by Gasteiger charge is -2.24. The molecule has 1 aliphatic heterocycles. The van der Waals surface area contributed by atoms with E-state index in [2.05, 4.69) is 17.1 Å². The van der Waals surface area contributed by atoms with Crippen molar-refractivity contribution in [3.8, 4) is 0 Å². The van der Waals surface area contributed by atoms with Gasteiger partial charge in [-0.15, -0.1) is 0 Å². The minimum absolute atomic E-state index is 0.833. The molecule has 0 bridgehead atoms. The fourth-order valence-electron chi connectivity index (χ4n) is 2.19. The zero-order chi connectivity index (χ0) is 12.1. The van der Waals surface area contributed by atoms with Gasteiger partial charge in [-0.05, 0) is 49.5 Å². The molecule has 0 aromatic heterocycles. The first kappa shape index (κ1) is 12.4. The van der Waals surface area contributed by atoms with Crippen molar-refractivity contribution in [3.05, 3.63) is 30.3 Å². The molecule has 1 aromatic carbocycles. The summed E-state index contributed by atoms with van der Waals surface area (Å²) in [5.41, 5.74) is 1.08. The molecular weight excluding hydrogens is 228 g/mol. The lowest BCUT2D eigenvalue weighted by molar-refractivity contribution is 0.431. The minimum atomic E-state index is 0.833. The molecule has 0 aliphatic carbocycles. The summed E-state index contributed by atoms with van der Waals surface area (Å²) < 4.78 is 0. The Hall–Kier alpha value is -1.09. The van der Waals surface area contributed by atoms with Gasteiger partial charge in [-0.25, -0.2) is 0 Å². The molecule has 1 N–H and O–H groups in total. The fraction of sp³-hybridized carbons (Fsp3) is 0.500. The monoisotopic (exact) mass is 248 g/mol. The van der Waals surface area contributed by atoms with Crippen LogP contribution in [0, 0.1) is 5.92 Å². The molecule has 2 rings (SSSR count). The number of thiocarbonyl (C=S) groups is 1. The van der Waals surface area contributed by atoms with Crippen LogP contribution in [-0.2, 0) is 0 Å². The summed E-state index contributed by atoms with van der Waals surface area (Å²) in [6.07, 6.45) is 3.82. The lowest BCUT2D eigenvalue weighted by Crippen LogP contribution is -2.35. The summed E-state index contributed by atoms with van der Waals surface area (Å²) in [5.74, 6) is 0.833. The summed E-state index contributed by atoms with van der Waals surface area (Å²) >= 11 is 5.47. The Kier molecular flexibility index (Phi) is 4.37. The van der Waals surface area contributed by atoms with E-state index in [1.165, 1.54) is 19.3 Å². The van der Waals surface area contributed by atoms with Crippen LogP contribution in [0.15, 0.2) is 30.3 Å². The summed E-state index contributed by atoms with van der Waals surface area (Å²) in [4.78, 5) is 2.30. The number of benzene rings is 1. The van der Waals surface area contributed by atoms with Gasteiger partial charge in [0.2, 0.25) is 0 Å². The second kappa shape index (κ2) is 6.01. The largest absolute Gasteiger partial charge is 0.349 e. The maximum absolute atomic E-state index is 5.47. The average Bonchev–Trinajstić information content (AvgIpc) is 2.55. The fourth-order valence-corrected chi connectivity index (χ4v) is 2.49. The normalized spacial score (nSPS) is 20.8. The molecule has 0 spiro atoms. The van der Waals surface area contributed by atoms with Gasteiger partial charge in [0.1, 0.15) is 0 Å². The highest BCUT2D eigenvalue weighted by atomic mass is 32.1. The van der Waals surface area contributed by atoms with Gasteiger partial charge in [0.25, 0.3) is 0 Å². The van der Waals surface area contributed by atoms with E-state index in [1.54, 1.807) is 0 Å². The molecule has 17 heavy (non-hydrogen) atoms. The predicted molar refractivity (Wildman–Crippen MR) is 77.3 cm³/mol. The van der Waals surface area contributed by atoms with Crippen LogP contribution in [0.3, 0.4) is 0 Å². The average molecular weight is 248 g/mol. The van der Waals surface area contributed by atoms with Gasteiger partial charge < -0.3 is 10.2 Å². The smallest absolute Gasteiger partial charge is 0.173 e. The molecule has 1 aromatic rings. The molecule has 1 atom stereocenters.